The fraction of sp³-hybridized carbons (Fsp3) is 0.326. The Balaban J connectivity index is 1.04. The van der Waals surface area contributed by atoms with Crippen molar-refractivity contribution in [2.45, 2.75) is 57.7 Å². The van der Waals surface area contributed by atoms with Crippen LogP contribution in [0.2, 0.25) is 0 Å². The van der Waals surface area contributed by atoms with Crippen LogP contribution in [0, 0.1) is 6.92 Å². The highest BCUT2D eigenvalue weighted by Gasteiger charge is 2.36. The molecule has 0 bridgehead atoms. The van der Waals surface area contributed by atoms with E-state index in [2.05, 4.69) is 53.4 Å². The van der Waals surface area contributed by atoms with Crippen LogP contribution in [0.4, 0.5) is 4.79 Å². The first-order valence-corrected chi connectivity index (χ1v) is 19.5. The van der Waals surface area contributed by atoms with Gasteiger partial charge in [-0.3, -0.25) is 4.79 Å². The number of amides is 2. The molecule has 1 aromatic heterocycles. The molecular weight excluding hydrogens is 689 g/mol. The molecule has 3 aliphatic heterocycles. The SMILES string of the molecule is Cc1c(C(=O)O)cc(-c2cc3c(cc2C(=O)N2Cc4ccccc4C[C@H]2CN2CCCC2)CN(C(=O)OCC2c4ccccc4-c4ccccc42)CC3)n1C. The van der Waals surface area contributed by atoms with Crippen molar-refractivity contribution in [3.8, 4) is 22.4 Å². The lowest BCUT2D eigenvalue weighted by Crippen LogP contribution is -2.49. The van der Waals surface area contributed by atoms with Gasteiger partial charge in [0, 0.05) is 67.7 Å². The van der Waals surface area contributed by atoms with Gasteiger partial charge in [-0.05, 0) is 108 Å². The number of fused-ring (bicyclic) bond motifs is 5. The molecule has 1 saturated heterocycles. The summed E-state index contributed by atoms with van der Waals surface area (Å²) in [6.45, 7) is 6.22. The Morgan fingerprint density at radius 1 is 0.745 bits per heavy atom. The van der Waals surface area contributed by atoms with Crippen LogP contribution in [0.5, 0.6) is 0 Å². The van der Waals surface area contributed by atoms with E-state index in [1.807, 2.05) is 52.9 Å². The highest BCUT2D eigenvalue weighted by atomic mass is 16.6. The number of hydrogen-bond acceptors (Lipinski definition) is 5. The Morgan fingerprint density at radius 3 is 2.11 bits per heavy atom. The summed E-state index contributed by atoms with van der Waals surface area (Å²) in [5.74, 6) is -1.11. The zero-order valence-electron chi connectivity index (χ0n) is 31.5. The molecule has 1 fully saturated rings. The smallest absolute Gasteiger partial charge is 0.410 e. The zero-order valence-corrected chi connectivity index (χ0v) is 31.5. The van der Waals surface area contributed by atoms with Crippen molar-refractivity contribution >= 4 is 18.0 Å². The van der Waals surface area contributed by atoms with Crippen molar-refractivity contribution < 1.29 is 24.2 Å². The van der Waals surface area contributed by atoms with Crippen molar-refractivity contribution in [3.63, 3.8) is 0 Å². The van der Waals surface area contributed by atoms with Crippen molar-refractivity contribution in [1.82, 2.24) is 19.3 Å². The summed E-state index contributed by atoms with van der Waals surface area (Å²) in [4.78, 5) is 47.4. The topological polar surface area (TPSA) is 95.3 Å². The van der Waals surface area contributed by atoms with Crippen LogP contribution in [0.25, 0.3) is 22.4 Å². The molecule has 4 aromatic carbocycles. The van der Waals surface area contributed by atoms with Gasteiger partial charge in [0.2, 0.25) is 0 Å². The van der Waals surface area contributed by atoms with E-state index < -0.39 is 5.97 Å². The van der Waals surface area contributed by atoms with Crippen LogP contribution in [0.3, 0.4) is 0 Å². The lowest BCUT2D eigenvalue weighted by molar-refractivity contribution is 0.0594. The molecule has 280 valence electrons. The molecule has 9 heteroatoms. The van der Waals surface area contributed by atoms with Gasteiger partial charge in [0.05, 0.1) is 5.56 Å². The first-order valence-electron chi connectivity index (χ1n) is 19.5. The first kappa shape index (κ1) is 35.1. The quantitative estimate of drug-likeness (QED) is 0.185. The van der Waals surface area contributed by atoms with Gasteiger partial charge in [0.15, 0.2) is 0 Å². The second kappa shape index (κ2) is 14.2. The van der Waals surface area contributed by atoms with E-state index in [-0.39, 0.29) is 36.1 Å². The minimum absolute atomic E-state index is 0.00793. The normalized spacial score (nSPS) is 17.7. The molecule has 9 nitrogen and oxygen atoms in total. The average molecular weight is 735 g/mol. The average Bonchev–Trinajstić information content (AvgIpc) is 3.92. The Labute approximate surface area is 321 Å². The van der Waals surface area contributed by atoms with Gasteiger partial charge >= 0.3 is 12.1 Å². The molecule has 1 atom stereocenters. The van der Waals surface area contributed by atoms with E-state index in [1.54, 1.807) is 17.9 Å². The minimum Gasteiger partial charge on any atom is -0.478 e. The second-order valence-corrected chi connectivity index (χ2v) is 15.6. The number of carbonyl (C=O) groups excluding carboxylic acids is 2. The van der Waals surface area contributed by atoms with Crippen LogP contribution in [-0.2, 0) is 37.7 Å². The predicted octanol–water partition coefficient (Wildman–Crippen LogP) is 7.67. The molecule has 0 spiro atoms. The van der Waals surface area contributed by atoms with Crippen LogP contribution < -0.4 is 0 Å². The third-order valence-electron chi connectivity index (χ3n) is 12.5. The largest absolute Gasteiger partial charge is 0.478 e. The molecule has 9 rings (SSSR count). The third kappa shape index (κ3) is 6.30. The zero-order chi connectivity index (χ0) is 37.8. The fourth-order valence-electron chi connectivity index (χ4n) is 9.42. The van der Waals surface area contributed by atoms with Crippen molar-refractivity contribution in [2.24, 2.45) is 7.05 Å². The van der Waals surface area contributed by atoms with Gasteiger partial charge in [0.25, 0.3) is 5.91 Å². The molecule has 4 aliphatic rings. The fourth-order valence-corrected chi connectivity index (χ4v) is 9.42. The van der Waals surface area contributed by atoms with Crippen LogP contribution in [0.15, 0.2) is 91.0 Å². The van der Waals surface area contributed by atoms with Crippen LogP contribution in [0.1, 0.15) is 78.6 Å². The van der Waals surface area contributed by atoms with Gasteiger partial charge in [-0.1, -0.05) is 72.8 Å². The molecular formula is C46H46N4O5. The number of nitrogens with zero attached hydrogens (tertiary/aromatic N) is 4. The third-order valence-corrected chi connectivity index (χ3v) is 12.5. The number of carboxylic acids is 1. The van der Waals surface area contributed by atoms with Gasteiger partial charge in [0.1, 0.15) is 6.61 Å². The van der Waals surface area contributed by atoms with Crippen LogP contribution in [-0.4, -0.2) is 81.2 Å². The second-order valence-electron chi connectivity index (χ2n) is 15.6. The maximum atomic E-state index is 15.2. The highest BCUT2D eigenvalue weighted by molar-refractivity contribution is 6.02. The summed E-state index contributed by atoms with van der Waals surface area (Å²) in [7, 11) is 1.86. The summed E-state index contributed by atoms with van der Waals surface area (Å²) < 4.78 is 7.95. The van der Waals surface area contributed by atoms with Gasteiger partial charge < -0.3 is 29.1 Å². The summed E-state index contributed by atoms with van der Waals surface area (Å²) in [5.41, 5.74) is 11.9. The number of aromatic nitrogens is 1. The van der Waals surface area contributed by atoms with Gasteiger partial charge in [-0.2, -0.15) is 0 Å². The van der Waals surface area contributed by atoms with E-state index in [1.165, 1.54) is 40.7 Å². The Hall–Kier alpha value is -5.67. The van der Waals surface area contributed by atoms with Crippen molar-refractivity contribution in [2.75, 3.05) is 32.8 Å². The standard InChI is InChI=1S/C46H46N4O5/c1-29-39(45(52)53)24-43(47(29)2)40-22-31-17-20-49(46(54)55-28-42-37-15-7-5-13-35(37)36-14-6-8-16-38(36)42)25-33(31)23-41(40)44(51)50-26-32-12-4-3-11-30(32)21-34(50)27-48-18-9-10-19-48/h3-8,11-16,22-24,34,42H,9-10,17-21,25-28H2,1-2H3,(H,52,53)/t34-/m0/s1. The van der Waals surface area contributed by atoms with E-state index in [0.29, 0.717) is 43.0 Å². The van der Waals surface area contributed by atoms with Crippen molar-refractivity contribution in [1.29, 1.82) is 0 Å². The molecule has 0 radical (unpaired) electrons. The number of carboxylic acid groups (broad SMARTS) is 1. The molecule has 2 amide bonds. The van der Waals surface area contributed by atoms with Gasteiger partial charge in [-0.25, -0.2) is 9.59 Å². The maximum absolute atomic E-state index is 15.2. The summed E-state index contributed by atoms with van der Waals surface area (Å²) >= 11 is 0. The Bertz CT molecular complexity index is 2290. The lowest BCUT2D eigenvalue weighted by atomic mass is 9.89. The van der Waals surface area contributed by atoms with Crippen LogP contribution >= 0.6 is 0 Å². The van der Waals surface area contributed by atoms with Crippen molar-refractivity contribution in [3.05, 3.63) is 141 Å². The Morgan fingerprint density at radius 2 is 1.42 bits per heavy atom. The number of likely N-dealkylation sites (tertiary alicyclic amines) is 1. The molecule has 5 aromatic rings. The monoisotopic (exact) mass is 734 g/mol. The predicted molar refractivity (Wildman–Crippen MR) is 211 cm³/mol. The van der Waals surface area contributed by atoms with Gasteiger partial charge in [-0.15, -0.1) is 0 Å². The summed E-state index contributed by atoms with van der Waals surface area (Å²) in [6, 6.07) is 30.7. The summed E-state index contributed by atoms with van der Waals surface area (Å²) in [5, 5.41) is 10.0. The minimum atomic E-state index is -0.998. The highest BCUT2D eigenvalue weighted by Crippen LogP contribution is 2.45. The molecule has 1 N–H and O–H groups in total. The number of carbonyl (C=O) groups is 3. The number of ether oxygens (including phenoxy) is 1. The molecule has 1 aliphatic carbocycles. The lowest BCUT2D eigenvalue weighted by Gasteiger charge is -2.39. The first-order chi connectivity index (χ1) is 26.7. The number of aromatic carboxylic acids is 1. The number of rotatable bonds is 7. The van der Waals surface area contributed by atoms with E-state index in [9.17, 15) is 14.7 Å². The number of hydrogen-bond donors (Lipinski definition) is 1. The summed E-state index contributed by atoms with van der Waals surface area (Å²) in [6.07, 6.45) is 3.34. The molecule has 4 heterocycles. The van der Waals surface area contributed by atoms with E-state index >= 15 is 4.79 Å². The number of benzene rings is 4. The molecule has 0 saturated carbocycles. The van der Waals surface area contributed by atoms with E-state index in [0.717, 1.165) is 48.3 Å². The molecule has 0 unspecified atom stereocenters. The Kier molecular flexibility index (Phi) is 9.05. The maximum Gasteiger partial charge on any atom is 0.410 e. The molecule has 55 heavy (non-hydrogen) atoms. The van der Waals surface area contributed by atoms with E-state index in [4.69, 9.17) is 4.74 Å².